The number of hydrogen-bond donors (Lipinski definition) is 1. The van der Waals surface area contributed by atoms with Crippen molar-refractivity contribution in [3.8, 4) is 0 Å². The lowest BCUT2D eigenvalue weighted by Gasteiger charge is -2.39. The Balaban J connectivity index is 2.09. The van der Waals surface area contributed by atoms with Crippen LogP contribution in [0.15, 0.2) is 35.7 Å². The largest absolute Gasteiger partial charge is 0.480 e. The van der Waals surface area contributed by atoms with Gasteiger partial charge in [-0.1, -0.05) is 36.2 Å². The second-order valence-corrected chi connectivity index (χ2v) is 7.34. The first-order valence-corrected chi connectivity index (χ1v) is 9.05. The number of rotatable bonds is 4. The fourth-order valence-corrected chi connectivity index (χ4v) is 4.39. The third-order valence-electron chi connectivity index (χ3n) is 4.70. The van der Waals surface area contributed by atoms with E-state index < -0.39 is 12.0 Å². The molecule has 0 bridgehead atoms. The molecule has 1 aliphatic rings. The van der Waals surface area contributed by atoms with E-state index in [2.05, 4.69) is 54.5 Å². The van der Waals surface area contributed by atoms with E-state index in [1.807, 2.05) is 0 Å². The summed E-state index contributed by atoms with van der Waals surface area (Å²) in [6, 6.07) is 10.3. The van der Waals surface area contributed by atoms with Gasteiger partial charge >= 0.3 is 5.97 Å². The van der Waals surface area contributed by atoms with Gasteiger partial charge in [-0.15, -0.1) is 11.3 Å². The summed E-state index contributed by atoms with van der Waals surface area (Å²) in [6.45, 7) is 5.06. The minimum atomic E-state index is -0.698. The van der Waals surface area contributed by atoms with E-state index in [9.17, 15) is 9.90 Å². The maximum absolute atomic E-state index is 11.8. The van der Waals surface area contributed by atoms with Crippen LogP contribution in [-0.2, 0) is 4.79 Å². The molecule has 2 unspecified atom stereocenters. The molecule has 1 aromatic heterocycles. The molecule has 2 aromatic rings. The number of piperidine rings is 1. The Morgan fingerprint density at radius 3 is 2.83 bits per heavy atom. The molecule has 23 heavy (non-hydrogen) atoms. The predicted octanol–water partition coefficient (Wildman–Crippen LogP) is 4.39. The first-order chi connectivity index (χ1) is 11.1. The molecular weight excluding hydrogens is 306 g/mol. The van der Waals surface area contributed by atoms with Gasteiger partial charge in [0.25, 0.3) is 0 Å². The highest BCUT2D eigenvalue weighted by Crippen LogP contribution is 2.37. The number of carbonyl (C=O) groups is 1. The van der Waals surface area contributed by atoms with E-state index in [0.717, 1.165) is 25.8 Å². The van der Waals surface area contributed by atoms with Crippen LogP contribution in [-0.4, -0.2) is 28.6 Å². The summed E-state index contributed by atoms with van der Waals surface area (Å²) in [5.41, 5.74) is 3.68. The van der Waals surface area contributed by atoms with Crippen LogP contribution in [0.4, 0.5) is 0 Å². The van der Waals surface area contributed by atoms with Crippen molar-refractivity contribution in [2.24, 2.45) is 0 Å². The molecule has 4 heteroatoms. The first kappa shape index (κ1) is 16.2. The Morgan fingerprint density at radius 1 is 1.30 bits per heavy atom. The SMILES string of the molecule is Cc1ccc(C)c(C(c2cccs2)N2CCCCC2C(=O)O)c1. The second-order valence-electron chi connectivity index (χ2n) is 6.37. The van der Waals surface area contributed by atoms with E-state index in [-0.39, 0.29) is 6.04 Å². The molecule has 0 amide bonds. The van der Waals surface area contributed by atoms with Crippen molar-refractivity contribution in [1.29, 1.82) is 0 Å². The average molecular weight is 329 g/mol. The van der Waals surface area contributed by atoms with Crippen molar-refractivity contribution in [3.05, 3.63) is 57.3 Å². The van der Waals surface area contributed by atoms with Crippen LogP contribution in [0.3, 0.4) is 0 Å². The number of carboxylic acid groups (broad SMARTS) is 1. The fraction of sp³-hybridized carbons (Fsp3) is 0.421. The Bertz CT molecular complexity index is 681. The highest BCUT2D eigenvalue weighted by molar-refractivity contribution is 7.10. The van der Waals surface area contributed by atoms with Crippen LogP contribution in [0.5, 0.6) is 0 Å². The van der Waals surface area contributed by atoms with Crippen molar-refractivity contribution >= 4 is 17.3 Å². The zero-order chi connectivity index (χ0) is 16.4. The van der Waals surface area contributed by atoms with Crippen LogP contribution in [0.2, 0.25) is 0 Å². The highest BCUT2D eigenvalue weighted by Gasteiger charge is 2.36. The first-order valence-electron chi connectivity index (χ1n) is 8.17. The molecule has 0 saturated carbocycles. The standard InChI is InChI=1S/C19H23NO2S/c1-13-8-9-14(2)15(12-13)18(17-7-5-11-23-17)20-10-4-3-6-16(20)19(21)22/h5,7-9,11-12,16,18H,3-4,6,10H2,1-2H3,(H,21,22). The van der Waals surface area contributed by atoms with Crippen LogP contribution < -0.4 is 0 Å². The van der Waals surface area contributed by atoms with Crippen molar-refractivity contribution < 1.29 is 9.90 Å². The molecule has 2 heterocycles. The summed E-state index contributed by atoms with van der Waals surface area (Å²) in [5, 5.41) is 11.8. The van der Waals surface area contributed by atoms with Gasteiger partial charge in [0.15, 0.2) is 0 Å². The maximum atomic E-state index is 11.8. The zero-order valence-corrected chi connectivity index (χ0v) is 14.5. The topological polar surface area (TPSA) is 40.5 Å². The van der Waals surface area contributed by atoms with Gasteiger partial charge in [-0.2, -0.15) is 0 Å². The molecule has 1 N–H and O–H groups in total. The number of hydrogen-bond acceptors (Lipinski definition) is 3. The summed E-state index contributed by atoms with van der Waals surface area (Å²) in [5.74, 6) is -0.698. The summed E-state index contributed by atoms with van der Waals surface area (Å²) >= 11 is 1.71. The Morgan fingerprint density at radius 2 is 2.13 bits per heavy atom. The smallest absolute Gasteiger partial charge is 0.320 e. The van der Waals surface area contributed by atoms with E-state index in [1.165, 1.54) is 21.6 Å². The number of nitrogens with zero attached hydrogens (tertiary/aromatic N) is 1. The third-order valence-corrected chi connectivity index (χ3v) is 5.63. The number of benzene rings is 1. The fourth-order valence-electron chi connectivity index (χ4n) is 3.52. The van der Waals surface area contributed by atoms with Crippen molar-refractivity contribution in [1.82, 2.24) is 4.90 Å². The molecule has 0 radical (unpaired) electrons. The molecule has 2 atom stereocenters. The number of aryl methyl sites for hydroxylation is 2. The van der Waals surface area contributed by atoms with Gasteiger partial charge in [0, 0.05) is 4.88 Å². The third kappa shape index (κ3) is 3.33. The minimum Gasteiger partial charge on any atom is -0.480 e. The summed E-state index contributed by atoms with van der Waals surface area (Å²) in [7, 11) is 0. The number of carboxylic acids is 1. The van der Waals surface area contributed by atoms with E-state index in [4.69, 9.17) is 0 Å². The van der Waals surface area contributed by atoms with E-state index in [1.54, 1.807) is 11.3 Å². The molecule has 1 aliphatic heterocycles. The molecule has 1 aromatic carbocycles. The molecule has 3 rings (SSSR count). The Kier molecular flexibility index (Phi) is 4.83. The van der Waals surface area contributed by atoms with Gasteiger partial charge in [-0.3, -0.25) is 9.69 Å². The Labute approximate surface area is 141 Å². The van der Waals surface area contributed by atoms with Crippen molar-refractivity contribution in [2.75, 3.05) is 6.54 Å². The van der Waals surface area contributed by atoms with Crippen molar-refractivity contribution in [2.45, 2.75) is 45.2 Å². The number of aliphatic carboxylic acids is 1. The predicted molar refractivity (Wildman–Crippen MR) is 94.1 cm³/mol. The maximum Gasteiger partial charge on any atom is 0.320 e. The molecule has 122 valence electrons. The van der Waals surface area contributed by atoms with Crippen LogP contribution >= 0.6 is 11.3 Å². The highest BCUT2D eigenvalue weighted by atomic mass is 32.1. The normalized spacial score (nSPS) is 20.3. The lowest BCUT2D eigenvalue weighted by atomic mass is 9.92. The minimum absolute atomic E-state index is 0.0382. The lowest BCUT2D eigenvalue weighted by Crippen LogP contribution is -2.46. The summed E-state index contributed by atoms with van der Waals surface area (Å²) in [4.78, 5) is 15.2. The van der Waals surface area contributed by atoms with Gasteiger partial charge in [0.05, 0.1) is 6.04 Å². The number of thiophene rings is 1. The van der Waals surface area contributed by atoms with Gasteiger partial charge in [0.1, 0.15) is 6.04 Å². The van der Waals surface area contributed by atoms with Crippen LogP contribution in [0, 0.1) is 13.8 Å². The molecule has 1 fully saturated rings. The van der Waals surface area contributed by atoms with Crippen LogP contribution in [0.1, 0.15) is 46.9 Å². The van der Waals surface area contributed by atoms with Gasteiger partial charge in [-0.05, 0) is 55.8 Å². The quantitative estimate of drug-likeness (QED) is 0.904. The molecule has 1 saturated heterocycles. The summed E-state index contributed by atoms with van der Waals surface area (Å²) < 4.78 is 0. The molecular formula is C19H23NO2S. The van der Waals surface area contributed by atoms with E-state index in [0.29, 0.717) is 0 Å². The van der Waals surface area contributed by atoms with Crippen molar-refractivity contribution in [3.63, 3.8) is 0 Å². The lowest BCUT2D eigenvalue weighted by molar-refractivity contribution is -0.145. The van der Waals surface area contributed by atoms with Crippen LogP contribution in [0.25, 0.3) is 0 Å². The van der Waals surface area contributed by atoms with Gasteiger partial charge < -0.3 is 5.11 Å². The Hall–Kier alpha value is -1.65. The summed E-state index contributed by atoms with van der Waals surface area (Å²) in [6.07, 6.45) is 2.80. The average Bonchev–Trinajstić information content (AvgIpc) is 3.05. The number of likely N-dealkylation sites (tertiary alicyclic amines) is 1. The molecule has 3 nitrogen and oxygen atoms in total. The second kappa shape index (κ2) is 6.85. The molecule has 0 spiro atoms. The monoisotopic (exact) mass is 329 g/mol. The van der Waals surface area contributed by atoms with Gasteiger partial charge in [0.2, 0.25) is 0 Å². The zero-order valence-electron chi connectivity index (χ0n) is 13.7. The van der Waals surface area contributed by atoms with Gasteiger partial charge in [-0.25, -0.2) is 0 Å². The van der Waals surface area contributed by atoms with E-state index >= 15 is 0 Å². The molecule has 0 aliphatic carbocycles.